The van der Waals surface area contributed by atoms with E-state index in [9.17, 15) is 9.59 Å². The number of amides is 3. The minimum absolute atomic E-state index is 0.222. The minimum atomic E-state index is -0.648. The number of nitrogens with one attached hydrogen (secondary N) is 3. The number of aromatic nitrogens is 2. The molecular weight excluding hydrogens is 523 g/mol. The Kier molecular flexibility index (Phi) is 7.31. The Balaban J connectivity index is 1.20. The Labute approximate surface area is 228 Å². The van der Waals surface area contributed by atoms with Gasteiger partial charge >= 0.3 is 6.03 Å². The predicted octanol–water partition coefficient (Wildman–Crippen LogP) is 7.39. The van der Waals surface area contributed by atoms with E-state index in [1.807, 2.05) is 49.4 Å². The molecule has 0 aliphatic carbocycles. The van der Waals surface area contributed by atoms with Crippen LogP contribution >= 0.6 is 23.2 Å². The SMILES string of the molecule is Cc1ccc(NC(=O)NC(=O)c2ccc(OCc3cccc(Cl)c3Cl)cc2)cc1-c1nc2ccccc2[nH]1. The van der Waals surface area contributed by atoms with Gasteiger partial charge in [0.1, 0.15) is 18.2 Å². The second-order valence-electron chi connectivity index (χ2n) is 8.57. The number of halogens is 2. The van der Waals surface area contributed by atoms with Gasteiger partial charge in [0, 0.05) is 22.4 Å². The standard InChI is InChI=1S/C29H22Cl2N4O3/c1-17-9-12-20(15-22(17)27-33-24-7-2-3-8-25(24)34-27)32-29(37)35-28(36)18-10-13-21(14-11-18)38-16-19-5-4-6-23(30)26(19)31/h2-15H,16H2,1H3,(H,33,34)(H2,32,35,36,37). The fraction of sp³-hybridized carbons (Fsp3) is 0.0690. The molecule has 4 aromatic carbocycles. The molecule has 190 valence electrons. The average molecular weight is 545 g/mol. The predicted molar refractivity (Wildman–Crippen MR) is 150 cm³/mol. The van der Waals surface area contributed by atoms with Gasteiger partial charge in [-0.25, -0.2) is 9.78 Å². The Morgan fingerprint density at radius 1 is 0.947 bits per heavy atom. The van der Waals surface area contributed by atoms with Crippen LogP contribution in [0.1, 0.15) is 21.5 Å². The second-order valence-corrected chi connectivity index (χ2v) is 9.35. The molecule has 1 aromatic heterocycles. The second kappa shape index (κ2) is 11.0. The summed E-state index contributed by atoms with van der Waals surface area (Å²) in [6.45, 7) is 2.19. The number of fused-ring (bicyclic) bond motifs is 1. The van der Waals surface area contributed by atoms with Gasteiger partial charge in [0.05, 0.1) is 21.1 Å². The highest BCUT2D eigenvalue weighted by Crippen LogP contribution is 2.28. The summed E-state index contributed by atoms with van der Waals surface area (Å²) in [5.74, 6) is 0.695. The molecule has 0 bridgehead atoms. The molecule has 0 aliphatic rings. The third-order valence-corrected chi connectivity index (χ3v) is 6.77. The molecule has 3 amide bonds. The summed E-state index contributed by atoms with van der Waals surface area (Å²) in [5.41, 5.74) is 5.20. The summed E-state index contributed by atoms with van der Waals surface area (Å²) < 4.78 is 5.74. The number of ether oxygens (including phenoxy) is 1. The number of imidazole rings is 1. The lowest BCUT2D eigenvalue weighted by Crippen LogP contribution is -2.34. The van der Waals surface area contributed by atoms with Crippen LogP contribution in [0, 0.1) is 6.92 Å². The molecule has 0 spiro atoms. The van der Waals surface area contributed by atoms with Gasteiger partial charge in [0.25, 0.3) is 5.91 Å². The number of para-hydroxylation sites is 2. The lowest BCUT2D eigenvalue weighted by Gasteiger charge is -2.11. The number of H-pyrrole nitrogens is 1. The van der Waals surface area contributed by atoms with Crippen molar-refractivity contribution in [3.05, 3.63) is 112 Å². The number of carbonyl (C=O) groups is 2. The van der Waals surface area contributed by atoms with Crippen LogP contribution in [0.4, 0.5) is 10.5 Å². The molecule has 5 aromatic rings. The molecular formula is C29H22Cl2N4O3. The molecule has 0 saturated heterocycles. The van der Waals surface area contributed by atoms with Crippen molar-refractivity contribution in [2.75, 3.05) is 5.32 Å². The van der Waals surface area contributed by atoms with Crippen molar-refractivity contribution < 1.29 is 14.3 Å². The lowest BCUT2D eigenvalue weighted by atomic mass is 10.1. The van der Waals surface area contributed by atoms with Gasteiger partial charge in [-0.05, 0) is 67.1 Å². The van der Waals surface area contributed by atoms with E-state index >= 15 is 0 Å². The highest BCUT2D eigenvalue weighted by Gasteiger charge is 2.13. The smallest absolute Gasteiger partial charge is 0.326 e. The molecule has 3 N–H and O–H groups in total. The van der Waals surface area contributed by atoms with Crippen molar-refractivity contribution in [1.29, 1.82) is 0 Å². The third-order valence-electron chi connectivity index (χ3n) is 5.91. The largest absolute Gasteiger partial charge is 0.489 e. The van der Waals surface area contributed by atoms with Crippen molar-refractivity contribution in [1.82, 2.24) is 15.3 Å². The van der Waals surface area contributed by atoms with Gasteiger partial charge in [-0.3, -0.25) is 10.1 Å². The van der Waals surface area contributed by atoms with Crippen molar-refractivity contribution in [2.45, 2.75) is 13.5 Å². The number of rotatable bonds is 6. The summed E-state index contributed by atoms with van der Waals surface area (Å²) in [6.07, 6.45) is 0. The monoisotopic (exact) mass is 544 g/mol. The van der Waals surface area contributed by atoms with Gasteiger partial charge in [0.2, 0.25) is 0 Å². The topological polar surface area (TPSA) is 96.1 Å². The molecule has 0 unspecified atom stereocenters. The number of nitrogens with zero attached hydrogens (tertiary/aromatic N) is 1. The Hall–Kier alpha value is -4.33. The van der Waals surface area contributed by atoms with Crippen LogP contribution in [0.15, 0.2) is 84.9 Å². The lowest BCUT2D eigenvalue weighted by molar-refractivity contribution is 0.0967. The normalized spacial score (nSPS) is 10.8. The molecule has 5 rings (SSSR count). The molecule has 0 radical (unpaired) electrons. The van der Waals surface area contributed by atoms with Crippen LogP contribution in [0.5, 0.6) is 5.75 Å². The van der Waals surface area contributed by atoms with Crippen molar-refractivity contribution >= 4 is 51.9 Å². The van der Waals surface area contributed by atoms with Gasteiger partial charge in [-0.15, -0.1) is 0 Å². The van der Waals surface area contributed by atoms with E-state index in [2.05, 4.69) is 20.6 Å². The highest BCUT2D eigenvalue weighted by atomic mass is 35.5. The maximum atomic E-state index is 12.6. The molecule has 0 atom stereocenters. The fourth-order valence-corrected chi connectivity index (χ4v) is 4.27. The van der Waals surface area contributed by atoms with Crippen LogP contribution in [0.3, 0.4) is 0 Å². The number of benzene rings is 4. The number of aromatic amines is 1. The summed E-state index contributed by atoms with van der Waals surface area (Å²) in [5, 5.41) is 5.95. The summed E-state index contributed by atoms with van der Waals surface area (Å²) in [6, 6.07) is 24.3. The highest BCUT2D eigenvalue weighted by molar-refractivity contribution is 6.42. The zero-order chi connectivity index (χ0) is 26.6. The first kappa shape index (κ1) is 25.3. The Morgan fingerprint density at radius 3 is 2.53 bits per heavy atom. The van der Waals surface area contributed by atoms with Gasteiger partial charge in [0.15, 0.2) is 0 Å². The number of urea groups is 1. The van der Waals surface area contributed by atoms with E-state index in [-0.39, 0.29) is 6.61 Å². The van der Waals surface area contributed by atoms with E-state index < -0.39 is 11.9 Å². The van der Waals surface area contributed by atoms with E-state index in [0.29, 0.717) is 32.9 Å². The maximum absolute atomic E-state index is 12.6. The summed E-state index contributed by atoms with van der Waals surface area (Å²) in [7, 11) is 0. The van der Waals surface area contributed by atoms with Gasteiger partial charge in [-0.1, -0.05) is 53.5 Å². The van der Waals surface area contributed by atoms with E-state index in [4.69, 9.17) is 27.9 Å². The first-order valence-corrected chi connectivity index (χ1v) is 12.5. The molecule has 7 nitrogen and oxygen atoms in total. The number of anilines is 1. The van der Waals surface area contributed by atoms with Crippen molar-refractivity contribution in [2.24, 2.45) is 0 Å². The van der Waals surface area contributed by atoms with Crippen LogP contribution in [0.2, 0.25) is 10.0 Å². The zero-order valence-electron chi connectivity index (χ0n) is 20.2. The Morgan fingerprint density at radius 2 is 1.74 bits per heavy atom. The van der Waals surface area contributed by atoms with E-state index in [1.54, 1.807) is 42.5 Å². The first-order chi connectivity index (χ1) is 18.4. The summed E-state index contributed by atoms with van der Waals surface area (Å²) in [4.78, 5) is 33.1. The molecule has 38 heavy (non-hydrogen) atoms. The van der Waals surface area contributed by atoms with Gasteiger partial charge < -0.3 is 15.0 Å². The van der Waals surface area contributed by atoms with Crippen molar-refractivity contribution in [3.8, 4) is 17.1 Å². The molecule has 0 saturated carbocycles. The Bertz CT molecular complexity index is 1620. The number of imide groups is 1. The van der Waals surface area contributed by atoms with Crippen LogP contribution < -0.4 is 15.4 Å². The number of hydrogen-bond donors (Lipinski definition) is 3. The number of aryl methyl sites for hydroxylation is 1. The fourth-order valence-electron chi connectivity index (χ4n) is 3.90. The van der Waals surface area contributed by atoms with E-state index in [1.165, 1.54) is 0 Å². The first-order valence-electron chi connectivity index (χ1n) is 11.7. The third kappa shape index (κ3) is 5.64. The van der Waals surface area contributed by atoms with Crippen LogP contribution in [-0.2, 0) is 6.61 Å². The minimum Gasteiger partial charge on any atom is -0.489 e. The summed E-state index contributed by atoms with van der Waals surface area (Å²) >= 11 is 12.2. The number of hydrogen-bond acceptors (Lipinski definition) is 4. The van der Waals surface area contributed by atoms with E-state index in [0.717, 1.165) is 27.7 Å². The van der Waals surface area contributed by atoms with Gasteiger partial charge in [-0.2, -0.15) is 0 Å². The van der Waals surface area contributed by atoms with Crippen molar-refractivity contribution in [3.63, 3.8) is 0 Å². The molecule has 1 heterocycles. The molecule has 0 fully saturated rings. The average Bonchev–Trinajstić information content (AvgIpc) is 3.35. The number of carbonyl (C=O) groups excluding carboxylic acids is 2. The molecule has 0 aliphatic heterocycles. The zero-order valence-corrected chi connectivity index (χ0v) is 21.7. The quantitative estimate of drug-likeness (QED) is 0.207. The molecule has 9 heteroatoms. The van der Waals surface area contributed by atoms with Crippen LogP contribution in [-0.4, -0.2) is 21.9 Å². The van der Waals surface area contributed by atoms with Crippen LogP contribution in [0.25, 0.3) is 22.4 Å². The maximum Gasteiger partial charge on any atom is 0.326 e.